The summed E-state index contributed by atoms with van der Waals surface area (Å²) in [5.74, 6) is 0. The van der Waals surface area contributed by atoms with E-state index in [-0.39, 0.29) is 0 Å². The summed E-state index contributed by atoms with van der Waals surface area (Å²) in [6.07, 6.45) is 11.2. The summed E-state index contributed by atoms with van der Waals surface area (Å²) < 4.78 is 0. The van der Waals surface area contributed by atoms with Crippen molar-refractivity contribution in [1.82, 2.24) is 10.2 Å². The Labute approximate surface area is 87.4 Å². The number of hydrogen-bond donors (Lipinski definition) is 1. The third-order valence-corrected chi connectivity index (χ3v) is 3.29. The van der Waals surface area contributed by atoms with Crippen LogP contribution in [0.3, 0.4) is 0 Å². The van der Waals surface area contributed by atoms with Crippen molar-refractivity contribution in [3.63, 3.8) is 0 Å². The Morgan fingerprint density at radius 2 is 1.86 bits per heavy atom. The summed E-state index contributed by atoms with van der Waals surface area (Å²) in [4.78, 5) is 2.59. The first-order chi connectivity index (χ1) is 6.95. The summed E-state index contributed by atoms with van der Waals surface area (Å²) in [5.41, 5.74) is 0. The van der Waals surface area contributed by atoms with E-state index in [1.54, 1.807) is 0 Å². The topological polar surface area (TPSA) is 15.3 Å². The molecule has 2 heteroatoms. The van der Waals surface area contributed by atoms with Crippen molar-refractivity contribution >= 4 is 0 Å². The predicted molar refractivity (Wildman–Crippen MR) is 60.5 cm³/mol. The molecule has 0 aromatic heterocycles. The van der Waals surface area contributed by atoms with Gasteiger partial charge in [-0.15, -0.1) is 0 Å². The molecule has 0 saturated carbocycles. The zero-order valence-electron chi connectivity index (χ0n) is 9.04. The highest BCUT2D eigenvalue weighted by molar-refractivity contribution is 4.97. The molecule has 0 spiro atoms. The van der Waals surface area contributed by atoms with Crippen LogP contribution in [0.2, 0.25) is 0 Å². The van der Waals surface area contributed by atoms with Gasteiger partial charge >= 0.3 is 0 Å². The third-order valence-electron chi connectivity index (χ3n) is 3.29. The van der Waals surface area contributed by atoms with Crippen LogP contribution < -0.4 is 5.32 Å². The average molecular weight is 194 g/mol. The van der Waals surface area contributed by atoms with Crippen LogP contribution in [0.25, 0.3) is 0 Å². The second-order valence-electron chi connectivity index (χ2n) is 4.50. The molecule has 1 N–H and O–H groups in total. The summed E-state index contributed by atoms with van der Waals surface area (Å²) in [6.45, 7) is 5.17. The van der Waals surface area contributed by atoms with Gasteiger partial charge in [-0.05, 0) is 58.3 Å². The monoisotopic (exact) mass is 194 g/mol. The van der Waals surface area contributed by atoms with Crippen LogP contribution >= 0.6 is 0 Å². The molecule has 0 aromatic rings. The summed E-state index contributed by atoms with van der Waals surface area (Å²) in [6, 6.07) is 0.744. The quantitative estimate of drug-likeness (QED) is 0.530. The highest BCUT2D eigenvalue weighted by Crippen LogP contribution is 2.09. The molecule has 0 radical (unpaired) electrons. The Bertz CT molecular complexity index is 171. The van der Waals surface area contributed by atoms with Crippen molar-refractivity contribution in [1.29, 1.82) is 0 Å². The average Bonchev–Trinajstić information content (AvgIpc) is 2.86. The van der Waals surface area contributed by atoms with Gasteiger partial charge in [0.25, 0.3) is 0 Å². The molecule has 1 aliphatic heterocycles. The first-order valence-corrected chi connectivity index (χ1v) is 6.06. The number of likely N-dealkylation sites (tertiary alicyclic amines) is 1. The Balaban J connectivity index is 1.46. The standard InChI is InChI=1S/C12H22N2/c1-2-7-12(6-1)13-8-5-11-14-9-3-4-10-14/h1-2,12-13H,3-11H2. The van der Waals surface area contributed by atoms with Crippen LogP contribution in [0.5, 0.6) is 0 Å². The van der Waals surface area contributed by atoms with Crippen molar-refractivity contribution in [3.05, 3.63) is 12.2 Å². The second kappa shape index (κ2) is 5.52. The summed E-state index contributed by atoms with van der Waals surface area (Å²) >= 11 is 0. The highest BCUT2D eigenvalue weighted by atomic mass is 15.1. The minimum absolute atomic E-state index is 0.744. The maximum Gasteiger partial charge on any atom is 0.0136 e. The van der Waals surface area contributed by atoms with E-state index in [2.05, 4.69) is 22.4 Å². The Morgan fingerprint density at radius 1 is 1.14 bits per heavy atom. The molecule has 0 bridgehead atoms. The number of hydrogen-bond acceptors (Lipinski definition) is 2. The van der Waals surface area contributed by atoms with Crippen molar-refractivity contribution in [2.75, 3.05) is 26.2 Å². The Hall–Kier alpha value is -0.340. The van der Waals surface area contributed by atoms with Crippen molar-refractivity contribution in [3.8, 4) is 0 Å². The fourth-order valence-corrected chi connectivity index (χ4v) is 2.40. The van der Waals surface area contributed by atoms with Crippen molar-refractivity contribution < 1.29 is 0 Å². The van der Waals surface area contributed by atoms with Gasteiger partial charge in [0, 0.05) is 6.04 Å². The summed E-state index contributed by atoms with van der Waals surface area (Å²) in [7, 11) is 0. The number of rotatable bonds is 5. The molecule has 1 aliphatic carbocycles. The fourth-order valence-electron chi connectivity index (χ4n) is 2.40. The van der Waals surface area contributed by atoms with Gasteiger partial charge in [0.1, 0.15) is 0 Å². The van der Waals surface area contributed by atoms with E-state index in [9.17, 15) is 0 Å². The molecule has 80 valence electrons. The van der Waals surface area contributed by atoms with Gasteiger partial charge in [0.2, 0.25) is 0 Å². The molecule has 0 atom stereocenters. The Morgan fingerprint density at radius 3 is 2.57 bits per heavy atom. The van der Waals surface area contributed by atoms with Crippen LogP contribution in [0.15, 0.2) is 12.2 Å². The van der Waals surface area contributed by atoms with Crippen LogP contribution in [-0.2, 0) is 0 Å². The van der Waals surface area contributed by atoms with E-state index in [4.69, 9.17) is 0 Å². The maximum absolute atomic E-state index is 3.62. The fraction of sp³-hybridized carbons (Fsp3) is 0.833. The maximum atomic E-state index is 3.62. The number of nitrogens with zero attached hydrogens (tertiary/aromatic N) is 1. The lowest BCUT2D eigenvalue weighted by Crippen LogP contribution is -2.30. The van der Waals surface area contributed by atoms with E-state index in [1.165, 1.54) is 58.3 Å². The number of nitrogens with one attached hydrogen (secondary N) is 1. The molecular weight excluding hydrogens is 172 g/mol. The lowest BCUT2D eigenvalue weighted by atomic mass is 10.2. The van der Waals surface area contributed by atoms with E-state index in [0.717, 1.165) is 6.04 Å². The molecule has 2 rings (SSSR count). The zero-order chi connectivity index (χ0) is 9.64. The predicted octanol–water partition coefficient (Wildman–Crippen LogP) is 1.78. The highest BCUT2D eigenvalue weighted by Gasteiger charge is 2.11. The molecule has 0 unspecified atom stereocenters. The van der Waals surface area contributed by atoms with Gasteiger partial charge in [0.05, 0.1) is 0 Å². The van der Waals surface area contributed by atoms with Gasteiger partial charge in [-0.1, -0.05) is 12.2 Å². The molecule has 2 aliphatic rings. The normalized spacial score (nSPS) is 23.7. The SMILES string of the molecule is C1=CCC(NCCCN2CCCC2)C1. The largest absolute Gasteiger partial charge is 0.313 e. The van der Waals surface area contributed by atoms with E-state index in [1.807, 2.05) is 0 Å². The van der Waals surface area contributed by atoms with Gasteiger partial charge in [-0.3, -0.25) is 0 Å². The van der Waals surface area contributed by atoms with Gasteiger partial charge in [-0.2, -0.15) is 0 Å². The van der Waals surface area contributed by atoms with Crippen LogP contribution in [0, 0.1) is 0 Å². The lowest BCUT2D eigenvalue weighted by Gasteiger charge is -2.16. The molecule has 14 heavy (non-hydrogen) atoms. The molecule has 1 fully saturated rings. The second-order valence-corrected chi connectivity index (χ2v) is 4.50. The summed E-state index contributed by atoms with van der Waals surface area (Å²) in [5, 5.41) is 3.62. The molecular formula is C12H22N2. The van der Waals surface area contributed by atoms with Gasteiger partial charge in [-0.25, -0.2) is 0 Å². The molecule has 0 amide bonds. The Kier molecular flexibility index (Phi) is 4.02. The van der Waals surface area contributed by atoms with Gasteiger partial charge in [0.15, 0.2) is 0 Å². The van der Waals surface area contributed by atoms with Crippen LogP contribution in [0.1, 0.15) is 32.1 Å². The molecule has 1 saturated heterocycles. The van der Waals surface area contributed by atoms with E-state index < -0.39 is 0 Å². The first kappa shape index (κ1) is 10.2. The zero-order valence-corrected chi connectivity index (χ0v) is 9.04. The molecule has 2 nitrogen and oxygen atoms in total. The smallest absolute Gasteiger partial charge is 0.0136 e. The minimum atomic E-state index is 0.744. The third kappa shape index (κ3) is 3.10. The molecule has 0 aromatic carbocycles. The van der Waals surface area contributed by atoms with Crippen molar-refractivity contribution in [2.45, 2.75) is 38.1 Å². The molecule has 1 heterocycles. The van der Waals surface area contributed by atoms with Crippen LogP contribution in [-0.4, -0.2) is 37.1 Å². The van der Waals surface area contributed by atoms with E-state index >= 15 is 0 Å². The lowest BCUT2D eigenvalue weighted by molar-refractivity contribution is 0.328. The minimum Gasteiger partial charge on any atom is -0.313 e. The van der Waals surface area contributed by atoms with Crippen LogP contribution in [0.4, 0.5) is 0 Å². The van der Waals surface area contributed by atoms with Gasteiger partial charge < -0.3 is 10.2 Å². The van der Waals surface area contributed by atoms with E-state index in [0.29, 0.717) is 0 Å². The first-order valence-electron chi connectivity index (χ1n) is 6.06. The van der Waals surface area contributed by atoms with Crippen molar-refractivity contribution in [2.24, 2.45) is 0 Å².